The van der Waals surface area contributed by atoms with Crippen LogP contribution in [0.3, 0.4) is 0 Å². The molecule has 0 saturated carbocycles. The monoisotopic (exact) mass is 497 g/mol. The molecule has 5 rings (SSSR count). The minimum atomic E-state index is -3.70. The molecule has 1 saturated heterocycles. The van der Waals surface area contributed by atoms with E-state index < -0.39 is 16.2 Å². The van der Waals surface area contributed by atoms with E-state index in [-0.39, 0.29) is 4.90 Å². The van der Waals surface area contributed by atoms with E-state index in [0.717, 1.165) is 16.4 Å². The summed E-state index contributed by atoms with van der Waals surface area (Å²) in [5, 5.41) is 17.8. The van der Waals surface area contributed by atoms with Gasteiger partial charge in [0.1, 0.15) is 5.75 Å². The fraction of sp³-hybridized carbons (Fsp3) is 0.318. The highest BCUT2D eigenvalue weighted by molar-refractivity contribution is 7.89. The van der Waals surface area contributed by atoms with Crippen molar-refractivity contribution < 1.29 is 13.2 Å². The molecule has 34 heavy (non-hydrogen) atoms. The van der Waals surface area contributed by atoms with Crippen LogP contribution in [0.15, 0.2) is 73.4 Å². The summed E-state index contributed by atoms with van der Waals surface area (Å²) in [6.07, 6.45) is -0.699. The molecule has 0 unspecified atom stereocenters. The average molecular weight is 498 g/mol. The molecule has 0 bridgehead atoms. The summed E-state index contributed by atoms with van der Waals surface area (Å²) in [4.78, 5) is 7.08. The highest BCUT2D eigenvalue weighted by Crippen LogP contribution is 2.35. The zero-order chi connectivity index (χ0) is 23.7. The lowest BCUT2D eigenvalue weighted by Gasteiger charge is -2.33. The normalized spacial score (nSPS) is 16.9. The Hall–Kier alpha value is -3.22. The zero-order valence-corrected chi connectivity index (χ0v) is 20.3. The van der Waals surface area contributed by atoms with Crippen LogP contribution in [-0.4, -0.2) is 51.0 Å². The van der Waals surface area contributed by atoms with Crippen LogP contribution >= 0.6 is 11.3 Å². The fourth-order valence-corrected chi connectivity index (χ4v) is 6.25. The number of thiazole rings is 1. The second kappa shape index (κ2) is 9.20. The van der Waals surface area contributed by atoms with E-state index in [1.807, 2.05) is 5.38 Å². The van der Waals surface area contributed by atoms with Crippen molar-refractivity contribution in [2.24, 2.45) is 20.7 Å². The van der Waals surface area contributed by atoms with Crippen LogP contribution in [0.1, 0.15) is 17.3 Å². The minimum absolute atomic E-state index is 0.171. The first kappa shape index (κ1) is 22.6. The first-order chi connectivity index (χ1) is 16.5. The molecule has 2 aromatic carbocycles. The number of sulfonamides is 1. The Morgan fingerprint density at radius 1 is 1.00 bits per heavy atom. The smallest absolute Gasteiger partial charge is 0.243 e. The zero-order valence-electron chi connectivity index (χ0n) is 18.7. The number of rotatable bonds is 6. The van der Waals surface area contributed by atoms with Crippen LogP contribution in [0, 0.1) is 6.92 Å². The van der Waals surface area contributed by atoms with Gasteiger partial charge in [0.25, 0.3) is 0 Å². The Balaban J connectivity index is 1.30. The van der Waals surface area contributed by atoms with E-state index in [1.165, 1.54) is 17.0 Å². The van der Waals surface area contributed by atoms with E-state index in [2.05, 4.69) is 56.8 Å². The molecule has 3 heterocycles. The maximum absolute atomic E-state index is 13.4. The van der Waals surface area contributed by atoms with Gasteiger partial charge >= 0.3 is 0 Å². The molecule has 2 aliphatic rings. The Bertz CT molecular complexity index is 1330. The van der Waals surface area contributed by atoms with Crippen LogP contribution in [-0.2, 0) is 10.0 Å². The lowest BCUT2D eigenvalue weighted by molar-refractivity contribution is 0.384. The number of benzene rings is 2. The van der Waals surface area contributed by atoms with Crippen molar-refractivity contribution in [1.82, 2.24) is 9.29 Å². The third kappa shape index (κ3) is 4.31. The number of piperazine rings is 1. The summed E-state index contributed by atoms with van der Waals surface area (Å²) in [6, 6.07) is 13.0. The second-order valence-corrected chi connectivity index (χ2v) is 10.7. The van der Waals surface area contributed by atoms with Gasteiger partial charge in [0.2, 0.25) is 16.2 Å². The average Bonchev–Trinajstić information content (AvgIpc) is 3.57. The summed E-state index contributed by atoms with van der Waals surface area (Å²) in [6.45, 7) is 3.92. The molecule has 1 aromatic heterocycles. The summed E-state index contributed by atoms with van der Waals surface area (Å²) >= 11 is 1.57. The molecule has 2 aliphatic heterocycles. The summed E-state index contributed by atoms with van der Waals surface area (Å²) in [5.74, 6) is 0.488. The molecular weight excluding hydrogens is 474 g/mol. The number of aromatic nitrogens is 1. The maximum Gasteiger partial charge on any atom is 0.243 e. The molecule has 0 N–H and O–H groups in total. The summed E-state index contributed by atoms with van der Waals surface area (Å²) in [7, 11) is -2.18. The standard InChI is InChI=1S/C22H23N7O3S2/c1-15-3-5-16(6-4-15)19-14-33-22(23-19)28-9-11-29(12-10-28)34(30,31)17-7-8-20(32-2)18(13-17)21-24-26-27-25-21/h3-8,13-14,21H,9-12H2,1-2H3. The number of aryl methyl sites for hydroxylation is 1. The Labute approximate surface area is 201 Å². The molecular formula is C22H23N7O3S2. The first-order valence-corrected chi connectivity index (χ1v) is 13.0. The van der Waals surface area contributed by atoms with Crippen LogP contribution < -0.4 is 9.64 Å². The van der Waals surface area contributed by atoms with Gasteiger partial charge in [0, 0.05) is 42.7 Å². The van der Waals surface area contributed by atoms with Crippen molar-refractivity contribution >= 4 is 26.5 Å². The highest BCUT2D eigenvalue weighted by Gasteiger charge is 2.31. The maximum atomic E-state index is 13.4. The van der Waals surface area contributed by atoms with Gasteiger partial charge in [-0.25, -0.2) is 13.4 Å². The first-order valence-electron chi connectivity index (χ1n) is 10.7. The van der Waals surface area contributed by atoms with Crippen molar-refractivity contribution in [1.29, 1.82) is 0 Å². The number of ether oxygens (including phenoxy) is 1. The molecule has 0 amide bonds. The molecule has 0 spiro atoms. The van der Waals surface area contributed by atoms with Gasteiger partial charge in [-0.05, 0) is 35.6 Å². The Kier molecular flexibility index (Phi) is 6.11. The topological polar surface area (TPSA) is 112 Å². The SMILES string of the molecule is COc1ccc(S(=O)(=O)N2CCN(c3nc(-c4ccc(C)cc4)cs3)CC2)cc1C1N=NN=N1. The van der Waals surface area contributed by atoms with Crippen molar-refractivity contribution in [3.8, 4) is 17.0 Å². The van der Waals surface area contributed by atoms with E-state index in [1.54, 1.807) is 29.5 Å². The van der Waals surface area contributed by atoms with Gasteiger partial charge in [-0.2, -0.15) is 4.31 Å². The van der Waals surface area contributed by atoms with Crippen molar-refractivity contribution in [2.45, 2.75) is 18.0 Å². The van der Waals surface area contributed by atoms with Gasteiger partial charge in [-0.15, -0.1) is 21.6 Å². The van der Waals surface area contributed by atoms with Crippen molar-refractivity contribution in [3.05, 3.63) is 59.0 Å². The van der Waals surface area contributed by atoms with Crippen molar-refractivity contribution in [3.63, 3.8) is 0 Å². The minimum Gasteiger partial charge on any atom is -0.496 e. The molecule has 0 radical (unpaired) electrons. The van der Waals surface area contributed by atoms with Crippen LogP contribution in [0.4, 0.5) is 5.13 Å². The molecule has 1 fully saturated rings. The molecule has 10 nitrogen and oxygen atoms in total. The van der Waals surface area contributed by atoms with E-state index >= 15 is 0 Å². The number of anilines is 1. The summed E-state index contributed by atoms with van der Waals surface area (Å²) in [5.41, 5.74) is 3.73. The second-order valence-electron chi connectivity index (χ2n) is 7.96. The highest BCUT2D eigenvalue weighted by atomic mass is 32.2. The molecule has 0 aliphatic carbocycles. The third-order valence-electron chi connectivity index (χ3n) is 5.83. The molecule has 12 heteroatoms. The number of nitrogens with zero attached hydrogens (tertiary/aromatic N) is 7. The van der Waals surface area contributed by atoms with Crippen molar-refractivity contribution in [2.75, 3.05) is 38.2 Å². The quantitative estimate of drug-likeness (QED) is 0.499. The van der Waals surface area contributed by atoms with Gasteiger partial charge in [-0.1, -0.05) is 29.8 Å². The lowest BCUT2D eigenvalue weighted by atomic mass is 10.1. The van der Waals surface area contributed by atoms with Crippen LogP contribution in [0.5, 0.6) is 5.75 Å². The number of hydrogen-bond donors (Lipinski definition) is 0. The predicted molar refractivity (Wildman–Crippen MR) is 129 cm³/mol. The largest absolute Gasteiger partial charge is 0.496 e. The summed E-state index contributed by atoms with van der Waals surface area (Å²) < 4.78 is 33.6. The Morgan fingerprint density at radius 2 is 1.71 bits per heavy atom. The van der Waals surface area contributed by atoms with Crippen LogP contribution in [0.25, 0.3) is 11.3 Å². The fourth-order valence-electron chi connectivity index (χ4n) is 3.90. The van der Waals surface area contributed by atoms with Gasteiger partial charge < -0.3 is 9.64 Å². The number of methoxy groups -OCH3 is 1. The third-order valence-corrected chi connectivity index (χ3v) is 8.62. The van der Waals surface area contributed by atoms with Gasteiger partial charge in [0.15, 0.2) is 5.13 Å². The van der Waals surface area contributed by atoms with Crippen LogP contribution in [0.2, 0.25) is 0 Å². The molecule has 0 atom stereocenters. The van der Waals surface area contributed by atoms with Gasteiger partial charge in [0.05, 0.1) is 17.7 Å². The van der Waals surface area contributed by atoms with E-state index in [0.29, 0.717) is 37.5 Å². The van der Waals surface area contributed by atoms with E-state index in [9.17, 15) is 8.42 Å². The Morgan fingerprint density at radius 3 is 2.38 bits per heavy atom. The molecule has 176 valence electrons. The number of hydrogen-bond acceptors (Lipinski definition) is 10. The lowest BCUT2D eigenvalue weighted by Crippen LogP contribution is -2.48. The van der Waals surface area contributed by atoms with Gasteiger partial charge in [-0.3, -0.25) is 0 Å². The molecule has 3 aromatic rings. The predicted octanol–water partition coefficient (Wildman–Crippen LogP) is 4.47. The van der Waals surface area contributed by atoms with E-state index in [4.69, 9.17) is 9.72 Å².